The van der Waals surface area contributed by atoms with Crippen molar-refractivity contribution in [2.24, 2.45) is 5.92 Å². The molecule has 0 bridgehead atoms. The van der Waals surface area contributed by atoms with Gasteiger partial charge in [0, 0.05) is 18.5 Å². The lowest BCUT2D eigenvalue weighted by molar-refractivity contribution is -0.149. The zero-order valence-corrected chi connectivity index (χ0v) is 11.4. The number of hydrogen-bond donors (Lipinski definition) is 2. The molecule has 2 N–H and O–H groups in total. The van der Waals surface area contributed by atoms with Crippen molar-refractivity contribution in [3.63, 3.8) is 0 Å². The fraction of sp³-hybridized carbons (Fsp3) is 0.467. The molecular weight excluding hydrogens is 258 g/mol. The molecule has 20 heavy (non-hydrogen) atoms. The van der Waals surface area contributed by atoms with E-state index in [1.165, 1.54) is 0 Å². The Hall–Kier alpha value is -1.88. The van der Waals surface area contributed by atoms with Crippen LogP contribution < -0.4 is 5.32 Å². The molecule has 108 valence electrons. The summed E-state index contributed by atoms with van der Waals surface area (Å²) in [6, 6.07) is 9.30. The number of benzene rings is 1. The molecule has 0 radical (unpaired) electrons. The fourth-order valence-electron chi connectivity index (χ4n) is 2.79. The molecule has 5 nitrogen and oxygen atoms in total. The average molecular weight is 277 g/mol. The molecule has 1 heterocycles. The lowest BCUT2D eigenvalue weighted by atomic mass is 9.84. The van der Waals surface area contributed by atoms with Crippen LogP contribution in [-0.2, 0) is 14.3 Å². The van der Waals surface area contributed by atoms with Gasteiger partial charge in [-0.1, -0.05) is 30.3 Å². The average Bonchev–Trinajstić information content (AvgIpc) is 2.83. The Balaban J connectivity index is 2.23. The van der Waals surface area contributed by atoms with E-state index in [4.69, 9.17) is 9.84 Å². The number of carboxylic acids is 1. The van der Waals surface area contributed by atoms with Crippen molar-refractivity contribution in [1.29, 1.82) is 0 Å². The van der Waals surface area contributed by atoms with Crippen LogP contribution in [0.5, 0.6) is 0 Å². The second-order valence-corrected chi connectivity index (χ2v) is 4.91. The molecule has 1 fully saturated rings. The van der Waals surface area contributed by atoms with Gasteiger partial charge in [0.25, 0.3) is 0 Å². The van der Waals surface area contributed by atoms with Gasteiger partial charge in [-0.3, -0.25) is 9.59 Å². The van der Waals surface area contributed by atoms with E-state index in [9.17, 15) is 9.59 Å². The van der Waals surface area contributed by atoms with Crippen LogP contribution in [-0.4, -0.2) is 36.2 Å². The van der Waals surface area contributed by atoms with Crippen molar-refractivity contribution >= 4 is 11.9 Å². The van der Waals surface area contributed by atoms with Crippen molar-refractivity contribution in [2.45, 2.75) is 25.3 Å². The van der Waals surface area contributed by atoms with E-state index in [1.807, 2.05) is 30.3 Å². The number of carbonyl (C=O) groups excluding carboxylic acids is 1. The van der Waals surface area contributed by atoms with Gasteiger partial charge in [-0.15, -0.1) is 0 Å². The van der Waals surface area contributed by atoms with Crippen LogP contribution in [0.25, 0.3) is 0 Å². The zero-order valence-electron chi connectivity index (χ0n) is 11.4. The Labute approximate surface area is 117 Å². The summed E-state index contributed by atoms with van der Waals surface area (Å²) in [5.74, 6) is -1.73. The highest BCUT2D eigenvalue weighted by Gasteiger charge is 2.43. The molecule has 0 aromatic heterocycles. The number of aliphatic carboxylic acids is 1. The van der Waals surface area contributed by atoms with Crippen molar-refractivity contribution < 1.29 is 19.4 Å². The Kier molecular flexibility index (Phi) is 4.74. The van der Waals surface area contributed by atoms with E-state index in [0.717, 1.165) is 5.56 Å². The van der Waals surface area contributed by atoms with Crippen molar-refractivity contribution in [1.82, 2.24) is 5.32 Å². The minimum Gasteiger partial charge on any atom is -0.481 e. The van der Waals surface area contributed by atoms with E-state index < -0.39 is 11.9 Å². The summed E-state index contributed by atoms with van der Waals surface area (Å²) in [4.78, 5) is 23.1. The number of hydrogen-bond acceptors (Lipinski definition) is 4. The molecule has 0 amide bonds. The molecule has 2 rings (SSSR count). The first-order valence-corrected chi connectivity index (χ1v) is 6.80. The van der Waals surface area contributed by atoms with Gasteiger partial charge in [-0.2, -0.15) is 0 Å². The molecule has 0 aliphatic carbocycles. The fourth-order valence-corrected chi connectivity index (χ4v) is 2.79. The summed E-state index contributed by atoms with van der Waals surface area (Å²) in [5, 5.41) is 12.1. The van der Waals surface area contributed by atoms with Crippen LogP contribution in [0, 0.1) is 5.92 Å². The van der Waals surface area contributed by atoms with E-state index >= 15 is 0 Å². The van der Waals surface area contributed by atoms with Crippen LogP contribution in [0.3, 0.4) is 0 Å². The third kappa shape index (κ3) is 3.17. The number of rotatable bonds is 5. The minimum absolute atomic E-state index is 0.0420. The lowest BCUT2D eigenvalue weighted by Gasteiger charge is -2.21. The number of carbonyl (C=O) groups is 2. The quantitative estimate of drug-likeness (QED) is 0.796. The van der Waals surface area contributed by atoms with Crippen LogP contribution in [0.15, 0.2) is 30.3 Å². The predicted molar refractivity (Wildman–Crippen MR) is 73.3 cm³/mol. The summed E-state index contributed by atoms with van der Waals surface area (Å²) in [6.45, 7) is 2.64. The Bertz CT molecular complexity index is 474. The number of carboxylic acid groups (broad SMARTS) is 1. The van der Waals surface area contributed by atoms with Gasteiger partial charge >= 0.3 is 11.9 Å². The molecule has 1 aromatic carbocycles. The van der Waals surface area contributed by atoms with Gasteiger partial charge in [-0.05, 0) is 12.5 Å². The molecule has 1 saturated heterocycles. The first-order valence-electron chi connectivity index (χ1n) is 6.80. The Morgan fingerprint density at radius 3 is 2.65 bits per heavy atom. The van der Waals surface area contributed by atoms with Gasteiger partial charge in [-0.25, -0.2) is 0 Å². The van der Waals surface area contributed by atoms with Crippen LogP contribution in [0.1, 0.15) is 24.8 Å². The van der Waals surface area contributed by atoms with Crippen LogP contribution >= 0.6 is 0 Å². The molecule has 0 unspecified atom stereocenters. The van der Waals surface area contributed by atoms with Gasteiger partial charge < -0.3 is 15.2 Å². The number of ether oxygens (including phenoxy) is 1. The molecule has 0 saturated carbocycles. The van der Waals surface area contributed by atoms with Gasteiger partial charge in [0.15, 0.2) is 0 Å². The van der Waals surface area contributed by atoms with Crippen molar-refractivity contribution in [2.75, 3.05) is 13.2 Å². The maximum atomic E-state index is 12.2. The van der Waals surface area contributed by atoms with Gasteiger partial charge in [0.2, 0.25) is 0 Å². The monoisotopic (exact) mass is 277 g/mol. The summed E-state index contributed by atoms with van der Waals surface area (Å²) in [5.41, 5.74) is 1.03. The van der Waals surface area contributed by atoms with Crippen molar-refractivity contribution in [3.05, 3.63) is 35.9 Å². The number of nitrogens with one attached hydrogen (secondary N) is 1. The molecule has 3 atom stereocenters. The van der Waals surface area contributed by atoms with E-state index in [-0.39, 0.29) is 24.3 Å². The largest absolute Gasteiger partial charge is 0.481 e. The van der Waals surface area contributed by atoms with Gasteiger partial charge in [0.1, 0.15) is 0 Å². The number of esters is 1. The Morgan fingerprint density at radius 2 is 2.05 bits per heavy atom. The molecule has 5 heteroatoms. The summed E-state index contributed by atoms with van der Waals surface area (Å²) < 4.78 is 5.12. The molecular formula is C15H19NO4. The minimum atomic E-state index is -0.912. The molecule has 1 aliphatic heterocycles. The Morgan fingerprint density at radius 1 is 1.35 bits per heavy atom. The first-order chi connectivity index (χ1) is 9.63. The van der Waals surface area contributed by atoms with E-state index in [2.05, 4.69) is 5.32 Å². The summed E-state index contributed by atoms with van der Waals surface area (Å²) in [6.07, 6.45) is -0.0766. The maximum absolute atomic E-state index is 12.2. The third-order valence-electron chi connectivity index (χ3n) is 3.65. The maximum Gasteiger partial charge on any atom is 0.311 e. The highest BCUT2D eigenvalue weighted by Crippen LogP contribution is 2.34. The third-order valence-corrected chi connectivity index (χ3v) is 3.65. The highest BCUT2D eigenvalue weighted by molar-refractivity contribution is 5.77. The molecule has 1 aromatic rings. The van der Waals surface area contributed by atoms with Crippen LogP contribution in [0.4, 0.5) is 0 Å². The predicted octanol–water partition coefficient (Wildman–Crippen LogP) is 1.40. The van der Waals surface area contributed by atoms with E-state index in [1.54, 1.807) is 6.92 Å². The summed E-state index contributed by atoms with van der Waals surface area (Å²) >= 11 is 0. The smallest absolute Gasteiger partial charge is 0.311 e. The second kappa shape index (κ2) is 6.52. The first kappa shape index (κ1) is 14.5. The topological polar surface area (TPSA) is 75.6 Å². The van der Waals surface area contributed by atoms with E-state index in [0.29, 0.717) is 13.2 Å². The normalized spacial score (nSPS) is 25.4. The standard InChI is InChI=1S/C15H19NO4/c1-2-20-15(19)14-11(10-6-4-3-5-7-10)9-16-12(14)8-13(17)18/h3-7,11-12,14,16H,2,8-9H2,1H3,(H,17,18)/t11-,12+,14-/m0/s1. The zero-order chi connectivity index (χ0) is 14.5. The highest BCUT2D eigenvalue weighted by atomic mass is 16.5. The van der Waals surface area contributed by atoms with Crippen LogP contribution in [0.2, 0.25) is 0 Å². The van der Waals surface area contributed by atoms with Gasteiger partial charge in [0.05, 0.1) is 18.9 Å². The lowest BCUT2D eigenvalue weighted by Crippen LogP contribution is -2.35. The second-order valence-electron chi connectivity index (χ2n) is 4.91. The SMILES string of the molecule is CCOC(=O)[C@@H]1[C@@H](CC(=O)O)NC[C@H]1c1ccccc1. The molecule has 0 spiro atoms. The molecule has 1 aliphatic rings. The summed E-state index contributed by atoms with van der Waals surface area (Å²) in [7, 11) is 0. The van der Waals surface area contributed by atoms with Crippen molar-refractivity contribution in [3.8, 4) is 0 Å².